The highest BCUT2D eigenvalue weighted by Crippen LogP contribution is 2.29. The highest BCUT2D eigenvalue weighted by molar-refractivity contribution is 7.12. The predicted octanol–water partition coefficient (Wildman–Crippen LogP) is 2.49. The van der Waals surface area contributed by atoms with Crippen molar-refractivity contribution >= 4 is 22.9 Å². The number of fused-ring (bicyclic) bond motifs is 1. The van der Waals surface area contributed by atoms with E-state index in [-0.39, 0.29) is 11.9 Å². The molecule has 0 spiro atoms. The van der Waals surface area contributed by atoms with Crippen molar-refractivity contribution in [3.63, 3.8) is 0 Å². The Morgan fingerprint density at radius 3 is 2.96 bits per heavy atom. The van der Waals surface area contributed by atoms with Gasteiger partial charge in [-0.25, -0.2) is 9.50 Å². The van der Waals surface area contributed by atoms with Crippen LogP contribution in [-0.2, 0) is 0 Å². The minimum absolute atomic E-state index is 0.145. The van der Waals surface area contributed by atoms with Crippen molar-refractivity contribution < 1.29 is 9.90 Å². The number of carbonyl (C=O) groups excluding carboxylic acids is 1. The number of hydrogen-bond acceptors (Lipinski definition) is 6. The van der Waals surface area contributed by atoms with E-state index in [2.05, 4.69) is 25.6 Å². The monoisotopic (exact) mass is 394 g/mol. The fourth-order valence-electron chi connectivity index (χ4n) is 3.58. The summed E-state index contributed by atoms with van der Waals surface area (Å²) in [5.74, 6) is -0.145. The van der Waals surface area contributed by atoms with Crippen molar-refractivity contribution in [2.75, 3.05) is 0 Å². The van der Waals surface area contributed by atoms with Gasteiger partial charge in [0, 0.05) is 35.3 Å². The number of aliphatic hydroxyl groups is 1. The van der Waals surface area contributed by atoms with Gasteiger partial charge in [-0.05, 0) is 36.3 Å². The Morgan fingerprint density at radius 1 is 1.25 bits per heavy atom. The summed E-state index contributed by atoms with van der Waals surface area (Å²) < 4.78 is 1.73. The van der Waals surface area contributed by atoms with Crippen LogP contribution in [0.25, 0.3) is 27.9 Å². The first-order chi connectivity index (χ1) is 13.7. The fourth-order valence-corrected chi connectivity index (χ4v) is 4.39. The fraction of sp³-hybridized carbons (Fsp3) is 0.263. The number of H-pyrrole nitrogens is 1. The van der Waals surface area contributed by atoms with Crippen LogP contribution in [0.1, 0.15) is 28.9 Å². The molecule has 2 atom stereocenters. The van der Waals surface area contributed by atoms with E-state index in [0.717, 1.165) is 47.2 Å². The number of aromatic nitrogens is 5. The van der Waals surface area contributed by atoms with E-state index in [1.54, 1.807) is 29.3 Å². The predicted molar refractivity (Wildman–Crippen MR) is 105 cm³/mol. The average molecular weight is 394 g/mol. The van der Waals surface area contributed by atoms with Crippen LogP contribution in [0.4, 0.5) is 0 Å². The molecule has 1 amide bonds. The lowest BCUT2D eigenvalue weighted by molar-refractivity contribution is 0.0877. The first kappa shape index (κ1) is 17.1. The summed E-state index contributed by atoms with van der Waals surface area (Å²) in [5, 5.41) is 25.9. The molecule has 1 aliphatic carbocycles. The maximum Gasteiger partial charge on any atom is 0.261 e. The molecule has 1 aliphatic rings. The number of aromatic amines is 1. The third-order valence-corrected chi connectivity index (χ3v) is 6.05. The number of hydrogen-bond donors (Lipinski definition) is 3. The molecule has 1 saturated carbocycles. The summed E-state index contributed by atoms with van der Waals surface area (Å²) >= 11 is 1.38. The quantitative estimate of drug-likeness (QED) is 0.493. The average Bonchev–Trinajstić information content (AvgIpc) is 3.48. The molecule has 4 heterocycles. The van der Waals surface area contributed by atoms with E-state index < -0.39 is 6.10 Å². The highest BCUT2D eigenvalue weighted by atomic mass is 32.1. The molecule has 0 radical (unpaired) electrons. The van der Waals surface area contributed by atoms with E-state index in [4.69, 9.17) is 0 Å². The second kappa shape index (κ2) is 6.84. The van der Waals surface area contributed by atoms with E-state index in [0.29, 0.717) is 4.88 Å². The van der Waals surface area contributed by atoms with Crippen LogP contribution in [0, 0.1) is 0 Å². The van der Waals surface area contributed by atoms with Crippen LogP contribution in [0.15, 0.2) is 42.4 Å². The lowest BCUT2D eigenvalue weighted by Crippen LogP contribution is -2.39. The van der Waals surface area contributed by atoms with Gasteiger partial charge in [-0.15, -0.1) is 11.3 Å². The van der Waals surface area contributed by atoms with Crippen LogP contribution in [-0.4, -0.2) is 48.0 Å². The van der Waals surface area contributed by atoms with E-state index in [1.165, 1.54) is 11.3 Å². The summed E-state index contributed by atoms with van der Waals surface area (Å²) in [7, 11) is 0. The lowest BCUT2D eigenvalue weighted by Gasteiger charge is -2.15. The Morgan fingerprint density at radius 2 is 2.18 bits per heavy atom. The number of rotatable bonds is 4. The zero-order chi connectivity index (χ0) is 19.1. The summed E-state index contributed by atoms with van der Waals surface area (Å²) in [4.78, 5) is 17.7. The molecule has 0 saturated heterocycles. The molecule has 142 valence electrons. The molecule has 5 rings (SSSR count). The molecule has 0 aromatic carbocycles. The van der Waals surface area contributed by atoms with Gasteiger partial charge in [0.05, 0.1) is 29.4 Å². The van der Waals surface area contributed by atoms with Crippen molar-refractivity contribution in [3.8, 4) is 22.3 Å². The van der Waals surface area contributed by atoms with E-state index >= 15 is 0 Å². The molecule has 1 fully saturated rings. The van der Waals surface area contributed by atoms with Gasteiger partial charge in [-0.3, -0.25) is 9.89 Å². The van der Waals surface area contributed by atoms with Crippen LogP contribution in [0.3, 0.4) is 0 Å². The Kier molecular flexibility index (Phi) is 4.18. The minimum atomic E-state index is -0.448. The zero-order valence-electron chi connectivity index (χ0n) is 14.9. The number of nitrogens with one attached hydrogen (secondary N) is 2. The SMILES string of the molecule is O=C(N[C@@H]1CCC[C@@H]1O)c1cc(-c2cnn3cc(-c4cn[nH]c4)cnc23)cs1. The van der Waals surface area contributed by atoms with Gasteiger partial charge >= 0.3 is 0 Å². The Balaban J connectivity index is 1.41. The number of thiophene rings is 1. The van der Waals surface area contributed by atoms with Crippen LogP contribution in [0.5, 0.6) is 0 Å². The maximum absolute atomic E-state index is 12.5. The lowest BCUT2D eigenvalue weighted by atomic mass is 10.1. The Bertz CT molecular complexity index is 1130. The number of nitrogens with zero attached hydrogens (tertiary/aromatic N) is 4. The third-order valence-electron chi connectivity index (χ3n) is 5.12. The van der Waals surface area contributed by atoms with Gasteiger partial charge < -0.3 is 10.4 Å². The van der Waals surface area contributed by atoms with Crippen molar-refractivity contribution in [2.24, 2.45) is 0 Å². The first-order valence-electron chi connectivity index (χ1n) is 9.09. The molecule has 9 heteroatoms. The van der Waals surface area contributed by atoms with E-state index in [9.17, 15) is 9.90 Å². The van der Waals surface area contributed by atoms with Crippen molar-refractivity contribution in [1.29, 1.82) is 0 Å². The van der Waals surface area contributed by atoms with Gasteiger partial charge in [0.15, 0.2) is 5.65 Å². The normalized spacial score (nSPS) is 19.3. The second-order valence-corrected chi connectivity index (χ2v) is 7.85. The number of carbonyl (C=O) groups is 1. The van der Waals surface area contributed by atoms with Crippen molar-refractivity contribution in [3.05, 3.63) is 47.3 Å². The van der Waals surface area contributed by atoms with Crippen LogP contribution >= 0.6 is 11.3 Å². The molecule has 3 N–H and O–H groups in total. The molecular weight excluding hydrogens is 376 g/mol. The smallest absolute Gasteiger partial charge is 0.261 e. The van der Waals surface area contributed by atoms with E-state index in [1.807, 2.05) is 17.6 Å². The largest absolute Gasteiger partial charge is 0.391 e. The van der Waals surface area contributed by atoms with Gasteiger partial charge in [-0.1, -0.05) is 0 Å². The van der Waals surface area contributed by atoms with Gasteiger partial charge in [0.1, 0.15) is 0 Å². The first-order valence-corrected chi connectivity index (χ1v) is 9.97. The van der Waals surface area contributed by atoms with Crippen molar-refractivity contribution in [2.45, 2.75) is 31.4 Å². The summed E-state index contributed by atoms with van der Waals surface area (Å²) in [6.07, 6.45) is 11.0. The number of amides is 1. The number of aliphatic hydroxyl groups excluding tert-OH is 1. The molecule has 0 aliphatic heterocycles. The van der Waals surface area contributed by atoms with Crippen molar-refractivity contribution in [1.82, 2.24) is 30.1 Å². The molecule has 0 unspecified atom stereocenters. The molecular formula is C19H18N6O2S. The van der Waals surface area contributed by atoms with Gasteiger partial charge in [0.2, 0.25) is 0 Å². The standard InChI is InChI=1S/C19H18N6O2S/c26-16-3-1-2-15(16)24-19(27)17-4-11(10-28-17)14-8-23-25-9-13(5-20-18(14)25)12-6-21-22-7-12/h4-10,15-16,26H,1-3H2,(H,21,22)(H,24,27)/t15-,16+/m1/s1. The maximum atomic E-state index is 12.5. The van der Waals surface area contributed by atoms with Gasteiger partial charge in [-0.2, -0.15) is 10.2 Å². The Labute approximate surface area is 164 Å². The molecule has 0 bridgehead atoms. The second-order valence-electron chi connectivity index (χ2n) is 6.93. The Hall–Kier alpha value is -3.04. The third kappa shape index (κ3) is 2.98. The highest BCUT2D eigenvalue weighted by Gasteiger charge is 2.27. The topological polar surface area (TPSA) is 108 Å². The zero-order valence-corrected chi connectivity index (χ0v) is 15.7. The molecule has 28 heavy (non-hydrogen) atoms. The summed E-state index contributed by atoms with van der Waals surface area (Å²) in [5.41, 5.74) is 4.35. The summed E-state index contributed by atoms with van der Waals surface area (Å²) in [6, 6.07) is 1.70. The van der Waals surface area contributed by atoms with Crippen LogP contribution in [0.2, 0.25) is 0 Å². The van der Waals surface area contributed by atoms with Gasteiger partial charge in [0.25, 0.3) is 5.91 Å². The molecule has 4 aromatic rings. The minimum Gasteiger partial charge on any atom is -0.391 e. The van der Waals surface area contributed by atoms with Crippen LogP contribution < -0.4 is 5.32 Å². The molecule has 8 nitrogen and oxygen atoms in total. The molecule has 4 aromatic heterocycles. The summed E-state index contributed by atoms with van der Waals surface area (Å²) in [6.45, 7) is 0.